The molecule has 0 radical (unpaired) electrons. The molecular weight excluding hydrogens is 401 g/mol. The maximum Gasteiger partial charge on any atom is 0.332 e. The summed E-state index contributed by atoms with van der Waals surface area (Å²) < 4.78 is 11.6. The first-order chi connectivity index (χ1) is 13.3. The fraction of sp³-hybridized carbons (Fsp3) is 0.300. The Labute approximate surface area is 174 Å². The van der Waals surface area contributed by atoms with Crippen LogP contribution in [0.25, 0.3) is 0 Å². The lowest BCUT2D eigenvalue weighted by atomic mass is 10.0. The fourth-order valence-electron chi connectivity index (χ4n) is 2.50. The van der Waals surface area contributed by atoms with Crippen molar-refractivity contribution in [2.24, 2.45) is 10.8 Å². The van der Waals surface area contributed by atoms with Crippen molar-refractivity contribution < 1.29 is 14.3 Å². The molecule has 0 heterocycles. The molecule has 0 aliphatic rings. The minimum Gasteiger partial charge on any atom is -0.490 e. The van der Waals surface area contributed by atoms with Crippen LogP contribution in [0.15, 0.2) is 35.4 Å². The number of carbonyl (C=O) groups is 1. The van der Waals surface area contributed by atoms with E-state index >= 15 is 0 Å². The molecule has 0 aromatic heterocycles. The van der Waals surface area contributed by atoms with Crippen LogP contribution >= 0.6 is 23.2 Å². The Morgan fingerprint density at radius 3 is 2.43 bits per heavy atom. The van der Waals surface area contributed by atoms with Crippen LogP contribution in [0.5, 0.6) is 11.5 Å². The van der Waals surface area contributed by atoms with Gasteiger partial charge in [-0.15, -0.1) is 0 Å². The lowest BCUT2D eigenvalue weighted by Crippen LogP contribution is -2.24. The highest BCUT2D eigenvalue weighted by atomic mass is 35.5. The zero-order valence-corrected chi connectivity index (χ0v) is 17.5. The predicted molar refractivity (Wildman–Crippen MR) is 113 cm³/mol. The van der Waals surface area contributed by atoms with Crippen LogP contribution in [0.3, 0.4) is 0 Å². The third-order valence-electron chi connectivity index (χ3n) is 3.79. The fourth-order valence-corrected chi connectivity index (χ4v) is 3.11. The first-order valence-electron chi connectivity index (χ1n) is 8.71. The minimum atomic E-state index is -0.761. The van der Waals surface area contributed by atoms with E-state index in [1.807, 2.05) is 13.0 Å². The molecule has 0 fully saturated rings. The number of aryl methyl sites for hydroxylation is 1. The predicted octanol–water partition coefficient (Wildman–Crippen LogP) is 4.89. The van der Waals surface area contributed by atoms with Crippen LogP contribution in [0.4, 0.5) is 4.79 Å². The molecule has 0 unspecified atom stereocenters. The molecule has 0 bridgehead atoms. The largest absolute Gasteiger partial charge is 0.490 e. The van der Waals surface area contributed by atoms with E-state index in [0.717, 1.165) is 16.9 Å². The number of urea groups is 1. The molecule has 2 rings (SSSR count). The van der Waals surface area contributed by atoms with Gasteiger partial charge in [-0.05, 0) is 47.7 Å². The Morgan fingerprint density at radius 2 is 1.82 bits per heavy atom. The van der Waals surface area contributed by atoms with Crippen LogP contribution in [-0.2, 0) is 0 Å². The summed E-state index contributed by atoms with van der Waals surface area (Å²) in [5, 5.41) is 4.31. The van der Waals surface area contributed by atoms with Crippen LogP contribution in [0.2, 0.25) is 10.0 Å². The Morgan fingerprint density at radius 1 is 1.18 bits per heavy atom. The van der Waals surface area contributed by atoms with Crippen LogP contribution in [0.1, 0.15) is 36.5 Å². The number of primary amides is 1. The second-order valence-corrected chi connectivity index (χ2v) is 7.26. The van der Waals surface area contributed by atoms with Gasteiger partial charge in [0.2, 0.25) is 0 Å². The van der Waals surface area contributed by atoms with E-state index in [1.54, 1.807) is 12.1 Å². The Balaban J connectivity index is 1.97. The van der Waals surface area contributed by atoms with Crippen molar-refractivity contribution in [2.75, 3.05) is 13.2 Å². The number of nitrogens with one attached hydrogen (secondary N) is 1. The van der Waals surface area contributed by atoms with Gasteiger partial charge in [0.05, 0.1) is 16.3 Å². The summed E-state index contributed by atoms with van der Waals surface area (Å²) in [5.74, 6) is 1.57. The number of carbonyl (C=O) groups excluding carboxylic acids is 1. The van der Waals surface area contributed by atoms with Crippen molar-refractivity contribution in [1.82, 2.24) is 5.43 Å². The highest BCUT2D eigenvalue weighted by molar-refractivity contribution is 6.37. The molecule has 0 saturated carbocycles. The number of amides is 2. The number of rotatable bonds is 8. The van der Waals surface area contributed by atoms with E-state index in [0.29, 0.717) is 33.9 Å². The van der Waals surface area contributed by atoms with E-state index in [4.69, 9.17) is 38.4 Å². The molecular formula is C20H23Cl2N3O3. The SMILES string of the molecule is Cc1ccc(C(C)C)c(OCCOc2c(Cl)cc(C=NNC(N)=O)cc2Cl)c1. The van der Waals surface area contributed by atoms with Crippen LogP contribution < -0.4 is 20.6 Å². The number of nitrogens with two attached hydrogens (primary N) is 1. The molecule has 2 amide bonds. The Hall–Kier alpha value is -2.44. The molecule has 150 valence electrons. The molecule has 0 atom stereocenters. The van der Waals surface area contributed by atoms with Crippen LogP contribution in [-0.4, -0.2) is 25.5 Å². The van der Waals surface area contributed by atoms with Crippen molar-refractivity contribution in [3.63, 3.8) is 0 Å². The molecule has 6 nitrogen and oxygen atoms in total. The Bertz CT molecular complexity index is 847. The zero-order valence-electron chi connectivity index (χ0n) is 16.0. The lowest BCUT2D eigenvalue weighted by molar-refractivity contribution is 0.215. The third kappa shape index (κ3) is 6.32. The normalized spacial score (nSPS) is 11.1. The average molecular weight is 424 g/mol. The van der Waals surface area contributed by atoms with Gasteiger partial charge in [-0.1, -0.05) is 49.2 Å². The quantitative estimate of drug-likeness (QED) is 0.360. The van der Waals surface area contributed by atoms with Gasteiger partial charge in [-0.3, -0.25) is 0 Å². The Kier molecular flexibility index (Phi) is 7.96. The summed E-state index contributed by atoms with van der Waals surface area (Å²) in [6, 6.07) is 8.64. The van der Waals surface area contributed by atoms with Crippen molar-refractivity contribution in [3.8, 4) is 11.5 Å². The second-order valence-electron chi connectivity index (χ2n) is 6.44. The van der Waals surface area contributed by atoms with Gasteiger partial charge in [0.15, 0.2) is 5.75 Å². The number of hydrazone groups is 1. The lowest BCUT2D eigenvalue weighted by Gasteiger charge is -2.16. The van der Waals surface area contributed by atoms with Gasteiger partial charge in [0.1, 0.15) is 19.0 Å². The monoisotopic (exact) mass is 423 g/mol. The first-order valence-corrected chi connectivity index (χ1v) is 9.47. The zero-order chi connectivity index (χ0) is 20.7. The summed E-state index contributed by atoms with van der Waals surface area (Å²) in [4.78, 5) is 10.6. The van der Waals surface area contributed by atoms with Gasteiger partial charge in [0, 0.05) is 0 Å². The maximum atomic E-state index is 10.6. The molecule has 8 heteroatoms. The highest BCUT2D eigenvalue weighted by Crippen LogP contribution is 2.34. The molecule has 0 saturated heterocycles. The third-order valence-corrected chi connectivity index (χ3v) is 4.35. The number of benzene rings is 2. The second kappa shape index (κ2) is 10.2. The van der Waals surface area contributed by atoms with Gasteiger partial charge in [-0.2, -0.15) is 5.10 Å². The first kappa shape index (κ1) is 21.9. The summed E-state index contributed by atoms with van der Waals surface area (Å²) in [5.41, 5.74) is 9.91. The number of hydrogen-bond donors (Lipinski definition) is 2. The van der Waals surface area contributed by atoms with Gasteiger partial charge < -0.3 is 15.2 Å². The van der Waals surface area contributed by atoms with E-state index in [-0.39, 0.29) is 6.61 Å². The van der Waals surface area contributed by atoms with E-state index < -0.39 is 6.03 Å². The minimum absolute atomic E-state index is 0.279. The average Bonchev–Trinajstić information content (AvgIpc) is 2.60. The highest BCUT2D eigenvalue weighted by Gasteiger charge is 2.11. The molecule has 2 aromatic carbocycles. The van der Waals surface area contributed by atoms with E-state index in [9.17, 15) is 4.79 Å². The number of halogens is 2. The molecule has 2 aromatic rings. The number of hydrogen-bond acceptors (Lipinski definition) is 4. The van der Waals surface area contributed by atoms with Crippen molar-refractivity contribution in [2.45, 2.75) is 26.7 Å². The van der Waals surface area contributed by atoms with Crippen molar-refractivity contribution in [3.05, 3.63) is 57.1 Å². The van der Waals surface area contributed by atoms with Crippen molar-refractivity contribution >= 4 is 35.4 Å². The molecule has 3 N–H and O–H groups in total. The summed E-state index contributed by atoms with van der Waals surface area (Å²) in [6.45, 7) is 6.90. The summed E-state index contributed by atoms with van der Waals surface area (Å²) >= 11 is 12.5. The van der Waals surface area contributed by atoms with Gasteiger partial charge in [0.25, 0.3) is 0 Å². The molecule has 28 heavy (non-hydrogen) atoms. The van der Waals surface area contributed by atoms with E-state index in [1.165, 1.54) is 6.21 Å². The topological polar surface area (TPSA) is 85.9 Å². The molecule has 0 aliphatic heterocycles. The maximum absolute atomic E-state index is 10.6. The number of ether oxygens (including phenoxy) is 2. The smallest absolute Gasteiger partial charge is 0.332 e. The summed E-state index contributed by atoms with van der Waals surface area (Å²) in [6.07, 6.45) is 1.38. The van der Waals surface area contributed by atoms with Crippen LogP contribution in [0, 0.1) is 6.92 Å². The molecule has 0 spiro atoms. The number of nitrogens with zero attached hydrogens (tertiary/aromatic N) is 1. The standard InChI is InChI=1S/C20H23Cl2N3O3/c1-12(2)15-5-4-13(3)8-18(15)27-6-7-28-19-16(21)9-14(10-17(19)22)11-24-25-20(23)26/h4-5,8-12H,6-7H2,1-3H3,(H3,23,25,26). The summed E-state index contributed by atoms with van der Waals surface area (Å²) in [7, 11) is 0. The van der Waals surface area contributed by atoms with Gasteiger partial charge in [-0.25, -0.2) is 10.2 Å². The van der Waals surface area contributed by atoms with E-state index in [2.05, 4.69) is 36.5 Å². The molecule has 0 aliphatic carbocycles. The van der Waals surface area contributed by atoms with Crippen molar-refractivity contribution in [1.29, 1.82) is 0 Å². The van der Waals surface area contributed by atoms with Gasteiger partial charge >= 0.3 is 6.03 Å².